The Kier molecular flexibility index (Phi) is 6.44. The van der Waals surface area contributed by atoms with Crippen molar-refractivity contribution in [2.24, 2.45) is 5.73 Å². The molecule has 7 heteroatoms. The molecule has 28 heavy (non-hydrogen) atoms. The van der Waals surface area contributed by atoms with Crippen LogP contribution in [-0.2, 0) is 24.2 Å². The highest BCUT2D eigenvalue weighted by Crippen LogP contribution is 2.16. The molecule has 2 N–H and O–H groups in total. The summed E-state index contributed by atoms with van der Waals surface area (Å²) in [6, 6.07) is 19.1. The first kappa shape index (κ1) is 20.0. The lowest BCUT2D eigenvalue weighted by Crippen LogP contribution is -2.40. The third-order valence-corrected chi connectivity index (χ3v) is 4.92. The minimum atomic E-state index is -0.627. The molecule has 1 atom stereocenters. The van der Waals surface area contributed by atoms with Crippen molar-refractivity contribution in [3.8, 4) is 0 Å². The zero-order valence-corrected chi connectivity index (χ0v) is 16.4. The van der Waals surface area contributed by atoms with Gasteiger partial charge in [0.2, 0.25) is 5.91 Å². The summed E-state index contributed by atoms with van der Waals surface area (Å²) >= 11 is 0. The normalized spacial score (nSPS) is 14.5. The van der Waals surface area contributed by atoms with Crippen LogP contribution in [0.4, 0.5) is 0 Å². The summed E-state index contributed by atoms with van der Waals surface area (Å²) in [6.07, 6.45) is 1.41. The number of halogens is 1. The first-order valence-corrected chi connectivity index (χ1v) is 9.26. The molecule has 1 aliphatic heterocycles. The summed E-state index contributed by atoms with van der Waals surface area (Å²) in [5.74, 6) is 1.72. The monoisotopic (exact) mass is 397 g/mol. The quantitative estimate of drug-likeness (QED) is 0.733. The molecule has 0 bridgehead atoms. The van der Waals surface area contributed by atoms with E-state index in [-0.39, 0.29) is 18.3 Å². The lowest BCUT2D eigenvalue weighted by atomic mass is 10.1. The van der Waals surface area contributed by atoms with Gasteiger partial charge in [0.25, 0.3) is 0 Å². The largest absolute Gasteiger partial charge is 0.339 e. The maximum atomic E-state index is 12.8. The molecule has 3 aromatic rings. The number of carbonyl (C=O) groups excluding carboxylic acids is 1. The van der Waals surface area contributed by atoms with Crippen molar-refractivity contribution >= 4 is 18.3 Å². The Bertz CT molecular complexity index is 888. The summed E-state index contributed by atoms with van der Waals surface area (Å²) in [5, 5.41) is 4.64. The fraction of sp³-hybridized carbons (Fsp3) is 0.286. The molecule has 0 saturated heterocycles. The topological polar surface area (TPSA) is 77.0 Å². The van der Waals surface area contributed by atoms with E-state index in [1.807, 2.05) is 58.1 Å². The van der Waals surface area contributed by atoms with Gasteiger partial charge in [0, 0.05) is 25.9 Å². The van der Waals surface area contributed by atoms with Crippen LogP contribution in [0.5, 0.6) is 0 Å². The average molecular weight is 398 g/mol. The number of amides is 1. The third-order valence-electron chi connectivity index (χ3n) is 4.92. The summed E-state index contributed by atoms with van der Waals surface area (Å²) in [5.41, 5.74) is 8.22. The Hall–Kier alpha value is -2.70. The van der Waals surface area contributed by atoms with E-state index in [0.29, 0.717) is 26.1 Å². The molecule has 6 nitrogen and oxygen atoms in total. The van der Waals surface area contributed by atoms with Crippen LogP contribution in [0.15, 0.2) is 60.7 Å². The fourth-order valence-corrected chi connectivity index (χ4v) is 3.43. The molecular weight excluding hydrogens is 374 g/mol. The fourth-order valence-electron chi connectivity index (χ4n) is 3.43. The number of fused-ring (bicyclic) bond motifs is 1. The van der Waals surface area contributed by atoms with E-state index in [1.54, 1.807) is 0 Å². The van der Waals surface area contributed by atoms with Gasteiger partial charge < -0.3 is 10.6 Å². The predicted molar refractivity (Wildman–Crippen MR) is 110 cm³/mol. The number of nitrogens with zero attached hydrogens (tertiary/aromatic N) is 4. The smallest absolute Gasteiger partial charge is 0.244 e. The lowest BCUT2D eigenvalue weighted by molar-refractivity contribution is -0.132. The molecule has 1 amide bonds. The van der Waals surface area contributed by atoms with Crippen molar-refractivity contribution in [2.75, 3.05) is 13.1 Å². The maximum absolute atomic E-state index is 12.8. The molecule has 0 unspecified atom stereocenters. The van der Waals surface area contributed by atoms with Crippen LogP contribution in [0.25, 0.3) is 0 Å². The van der Waals surface area contributed by atoms with Gasteiger partial charge in [-0.25, -0.2) is 9.67 Å². The van der Waals surface area contributed by atoms with Crippen molar-refractivity contribution in [1.82, 2.24) is 19.7 Å². The molecule has 2 aromatic carbocycles. The summed E-state index contributed by atoms with van der Waals surface area (Å²) in [7, 11) is 0. The first-order valence-electron chi connectivity index (χ1n) is 9.26. The van der Waals surface area contributed by atoms with Gasteiger partial charge in [-0.15, -0.1) is 12.4 Å². The number of hydrogen-bond donors (Lipinski definition) is 1. The van der Waals surface area contributed by atoms with Gasteiger partial charge in [0.05, 0.1) is 6.54 Å². The van der Waals surface area contributed by atoms with Gasteiger partial charge in [-0.05, 0) is 11.1 Å². The average Bonchev–Trinajstić information content (AvgIpc) is 2.99. The zero-order chi connectivity index (χ0) is 18.6. The van der Waals surface area contributed by atoms with Crippen LogP contribution in [0.2, 0.25) is 0 Å². The Morgan fingerprint density at radius 1 is 1.00 bits per heavy atom. The van der Waals surface area contributed by atoms with E-state index in [9.17, 15) is 4.79 Å². The number of rotatable bonds is 4. The molecule has 0 saturated carbocycles. The van der Waals surface area contributed by atoms with Crippen LogP contribution in [-0.4, -0.2) is 38.7 Å². The van der Waals surface area contributed by atoms with Gasteiger partial charge in [-0.1, -0.05) is 60.7 Å². The van der Waals surface area contributed by atoms with E-state index < -0.39 is 6.04 Å². The SMILES string of the molecule is Cl.N[C@@H](C(=O)N1CCc2nc(Cc3ccccc3)nn2CC1)c1ccccc1. The first-order chi connectivity index (χ1) is 13.2. The Morgan fingerprint density at radius 2 is 1.68 bits per heavy atom. The molecule has 0 spiro atoms. The summed E-state index contributed by atoms with van der Waals surface area (Å²) in [4.78, 5) is 19.3. The minimum Gasteiger partial charge on any atom is -0.339 e. The third kappa shape index (κ3) is 4.40. The molecule has 0 aliphatic carbocycles. The summed E-state index contributed by atoms with van der Waals surface area (Å²) in [6.45, 7) is 1.85. The highest BCUT2D eigenvalue weighted by Gasteiger charge is 2.25. The number of nitrogens with two attached hydrogens (primary N) is 1. The molecule has 4 rings (SSSR count). The lowest BCUT2D eigenvalue weighted by Gasteiger charge is -2.23. The highest BCUT2D eigenvalue weighted by molar-refractivity contribution is 5.85. The maximum Gasteiger partial charge on any atom is 0.244 e. The zero-order valence-electron chi connectivity index (χ0n) is 15.6. The second-order valence-electron chi connectivity index (χ2n) is 6.79. The van der Waals surface area contributed by atoms with E-state index in [0.717, 1.165) is 23.6 Å². The Morgan fingerprint density at radius 3 is 2.39 bits per heavy atom. The van der Waals surface area contributed by atoms with Gasteiger partial charge in [-0.3, -0.25) is 4.79 Å². The van der Waals surface area contributed by atoms with Crippen molar-refractivity contribution in [2.45, 2.75) is 25.4 Å². The molecule has 1 aliphatic rings. The molecule has 146 valence electrons. The van der Waals surface area contributed by atoms with Crippen molar-refractivity contribution < 1.29 is 4.79 Å². The van der Waals surface area contributed by atoms with Gasteiger partial charge in [0.15, 0.2) is 5.82 Å². The molecule has 2 heterocycles. The van der Waals surface area contributed by atoms with Crippen LogP contribution in [0, 0.1) is 0 Å². The standard InChI is InChI=1S/C21H23N5O.ClH/c22-20(17-9-5-2-6-10-17)21(27)25-12-11-19-23-18(24-26(19)14-13-25)15-16-7-3-1-4-8-16;/h1-10,20H,11-15,22H2;1H/t20-;/m1./s1. The second kappa shape index (κ2) is 8.99. The van der Waals surface area contributed by atoms with Gasteiger partial charge >= 0.3 is 0 Å². The van der Waals surface area contributed by atoms with Gasteiger partial charge in [-0.2, -0.15) is 5.10 Å². The van der Waals surface area contributed by atoms with E-state index in [4.69, 9.17) is 5.73 Å². The molecule has 0 radical (unpaired) electrons. The second-order valence-corrected chi connectivity index (χ2v) is 6.79. The molecule has 0 fully saturated rings. The van der Waals surface area contributed by atoms with Crippen molar-refractivity contribution in [1.29, 1.82) is 0 Å². The van der Waals surface area contributed by atoms with Crippen LogP contribution in [0.1, 0.15) is 28.8 Å². The van der Waals surface area contributed by atoms with E-state index in [2.05, 4.69) is 22.2 Å². The Labute approximate surface area is 170 Å². The van der Waals surface area contributed by atoms with E-state index in [1.165, 1.54) is 5.56 Å². The minimum absolute atomic E-state index is 0. The van der Waals surface area contributed by atoms with Crippen molar-refractivity contribution in [3.63, 3.8) is 0 Å². The Balaban J connectivity index is 0.00000225. The van der Waals surface area contributed by atoms with Gasteiger partial charge in [0.1, 0.15) is 11.9 Å². The van der Waals surface area contributed by atoms with Crippen LogP contribution >= 0.6 is 12.4 Å². The highest BCUT2D eigenvalue weighted by atomic mass is 35.5. The van der Waals surface area contributed by atoms with E-state index >= 15 is 0 Å². The number of hydrogen-bond acceptors (Lipinski definition) is 4. The summed E-state index contributed by atoms with van der Waals surface area (Å²) < 4.78 is 1.93. The van der Waals surface area contributed by atoms with Crippen LogP contribution in [0.3, 0.4) is 0 Å². The number of aromatic nitrogens is 3. The molecular formula is C21H24ClN5O. The predicted octanol–water partition coefficient (Wildman–Crippen LogP) is 2.38. The number of carbonyl (C=O) groups is 1. The van der Waals surface area contributed by atoms with Crippen molar-refractivity contribution in [3.05, 3.63) is 83.4 Å². The molecule has 1 aromatic heterocycles. The number of benzene rings is 2. The van der Waals surface area contributed by atoms with Crippen LogP contribution < -0.4 is 5.73 Å².